The van der Waals surface area contributed by atoms with Gasteiger partial charge in [0.1, 0.15) is 0 Å². The van der Waals surface area contributed by atoms with Crippen molar-refractivity contribution in [3.8, 4) is 6.19 Å². The molecule has 0 bridgehead atoms. The molecule has 0 radical (unpaired) electrons. The molecular weight excluding hydrogens is 462 g/mol. The summed E-state index contributed by atoms with van der Waals surface area (Å²) in [5.74, 6) is 0.629. The molecule has 1 aromatic heterocycles. The average molecular weight is 504 g/mol. The van der Waals surface area contributed by atoms with Crippen molar-refractivity contribution >= 4 is 17.6 Å². The topological polar surface area (TPSA) is 96.7 Å². The minimum atomic E-state index is 0.171. The predicted molar refractivity (Wildman–Crippen MR) is 150 cm³/mol. The fraction of sp³-hybridized carbons (Fsp3) is 0.517. The first-order valence-electron chi connectivity index (χ1n) is 13.3. The summed E-state index contributed by atoms with van der Waals surface area (Å²) in [6, 6.07) is 8.08. The number of benzene rings is 1. The number of guanidine groups is 1. The van der Waals surface area contributed by atoms with Crippen molar-refractivity contribution in [1.29, 1.82) is 5.26 Å². The highest BCUT2D eigenvalue weighted by molar-refractivity contribution is 5.97. The van der Waals surface area contributed by atoms with Crippen LogP contribution in [0.1, 0.15) is 64.1 Å². The number of piperazine rings is 1. The second-order valence-electron chi connectivity index (χ2n) is 10.0. The highest BCUT2D eigenvalue weighted by atomic mass is 16.2. The van der Waals surface area contributed by atoms with Gasteiger partial charge in [-0.15, -0.1) is 4.99 Å². The van der Waals surface area contributed by atoms with Gasteiger partial charge in [-0.25, -0.2) is 0 Å². The van der Waals surface area contributed by atoms with Gasteiger partial charge >= 0.3 is 0 Å². The van der Waals surface area contributed by atoms with Crippen LogP contribution >= 0.6 is 0 Å². The lowest BCUT2D eigenvalue weighted by Crippen LogP contribution is -2.49. The minimum absolute atomic E-state index is 0.171. The first-order chi connectivity index (χ1) is 17.8. The summed E-state index contributed by atoms with van der Waals surface area (Å²) in [6.07, 6.45) is 6.28. The van der Waals surface area contributed by atoms with Crippen LogP contribution in [-0.2, 0) is 0 Å². The van der Waals surface area contributed by atoms with E-state index in [-0.39, 0.29) is 5.91 Å². The van der Waals surface area contributed by atoms with Gasteiger partial charge in [0.25, 0.3) is 5.91 Å². The van der Waals surface area contributed by atoms with Crippen LogP contribution in [0, 0.1) is 46.1 Å². The van der Waals surface area contributed by atoms with E-state index in [4.69, 9.17) is 5.26 Å². The van der Waals surface area contributed by atoms with Crippen molar-refractivity contribution in [2.24, 2.45) is 4.99 Å². The van der Waals surface area contributed by atoms with Crippen LogP contribution in [0.2, 0.25) is 0 Å². The maximum Gasteiger partial charge on any atom is 0.254 e. The van der Waals surface area contributed by atoms with E-state index < -0.39 is 0 Å². The van der Waals surface area contributed by atoms with E-state index in [1.807, 2.05) is 50.9 Å². The van der Waals surface area contributed by atoms with E-state index in [1.165, 1.54) is 5.56 Å². The van der Waals surface area contributed by atoms with Gasteiger partial charge in [-0.05, 0) is 77.3 Å². The molecule has 1 aliphatic heterocycles. The van der Waals surface area contributed by atoms with Gasteiger partial charge < -0.3 is 15.5 Å². The Kier molecular flexibility index (Phi) is 10.5. The number of amides is 1. The average Bonchev–Trinajstić information content (AvgIpc) is 2.84. The molecule has 2 aromatic rings. The number of hydrogen-bond donors (Lipinski definition) is 2. The molecule has 0 spiro atoms. The molecule has 37 heavy (non-hydrogen) atoms. The molecule has 8 heteroatoms. The highest BCUT2D eigenvalue weighted by Gasteiger charge is 2.24. The molecule has 1 fully saturated rings. The summed E-state index contributed by atoms with van der Waals surface area (Å²) in [5.41, 5.74) is 6.89. The van der Waals surface area contributed by atoms with Crippen molar-refractivity contribution in [2.75, 3.05) is 44.6 Å². The van der Waals surface area contributed by atoms with Gasteiger partial charge in [-0.1, -0.05) is 30.5 Å². The Labute approximate surface area is 221 Å². The highest BCUT2D eigenvalue weighted by Crippen LogP contribution is 2.19. The second-order valence-corrected chi connectivity index (χ2v) is 10.0. The molecule has 0 saturated carbocycles. The number of nitrogens with zero attached hydrogens (tertiary/aromatic N) is 5. The molecule has 8 nitrogen and oxygen atoms in total. The standard InChI is InChI=1S/C29H41N7O/c1-21-18-22(2)27(23(3)19-21)28(37)36-16-14-35(15-17-36)13-9-7-6-8-12-31-29(32-20-30)34-26-11-10-24(4)33-25(26)5/h10-11,18-19H,6-9,12-17H2,1-5H3,(H2,31,32,34). The number of anilines is 1. The number of unbranched alkanes of at least 4 members (excludes halogenated alkanes) is 3. The van der Waals surface area contributed by atoms with E-state index in [0.717, 1.165) is 98.7 Å². The second kappa shape index (κ2) is 13.8. The fourth-order valence-corrected chi connectivity index (χ4v) is 4.98. The van der Waals surface area contributed by atoms with Gasteiger partial charge in [-0.3, -0.25) is 14.7 Å². The number of pyridine rings is 1. The molecule has 0 aliphatic carbocycles. The molecule has 1 aromatic carbocycles. The number of aromatic nitrogens is 1. The van der Waals surface area contributed by atoms with E-state index in [0.29, 0.717) is 5.96 Å². The summed E-state index contributed by atoms with van der Waals surface area (Å²) >= 11 is 0. The van der Waals surface area contributed by atoms with E-state index in [9.17, 15) is 4.79 Å². The molecule has 1 amide bonds. The zero-order valence-electron chi connectivity index (χ0n) is 23.0. The van der Waals surface area contributed by atoms with Gasteiger partial charge in [0.15, 0.2) is 0 Å². The van der Waals surface area contributed by atoms with Crippen LogP contribution < -0.4 is 10.6 Å². The number of carbonyl (C=O) groups is 1. The van der Waals surface area contributed by atoms with E-state index in [2.05, 4.69) is 44.6 Å². The van der Waals surface area contributed by atoms with Crippen molar-refractivity contribution in [2.45, 2.75) is 60.3 Å². The molecular formula is C29H41N7O. The Bertz CT molecular complexity index is 1120. The molecule has 3 rings (SSSR count). The maximum atomic E-state index is 13.1. The largest absolute Gasteiger partial charge is 0.355 e. The van der Waals surface area contributed by atoms with Gasteiger partial charge in [0.2, 0.25) is 12.2 Å². The van der Waals surface area contributed by atoms with E-state index in [1.54, 1.807) is 0 Å². The number of aryl methyl sites for hydroxylation is 5. The number of nitriles is 1. The van der Waals surface area contributed by atoms with Gasteiger partial charge in [-0.2, -0.15) is 5.26 Å². The molecule has 0 atom stereocenters. The smallest absolute Gasteiger partial charge is 0.254 e. The Morgan fingerprint density at radius 1 is 1.00 bits per heavy atom. The molecule has 0 unspecified atom stereocenters. The third kappa shape index (κ3) is 8.29. The normalized spacial score (nSPS) is 14.4. The zero-order chi connectivity index (χ0) is 26.8. The maximum absolute atomic E-state index is 13.1. The fourth-order valence-electron chi connectivity index (χ4n) is 4.98. The third-order valence-electron chi connectivity index (χ3n) is 6.88. The Balaban J connectivity index is 1.31. The first kappa shape index (κ1) is 28.1. The van der Waals surface area contributed by atoms with Crippen LogP contribution in [0.4, 0.5) is 5.69 Å². The van der Waals surface area contributed by atoms with Crippen molar-refractivity contribution in [3.05, 3.63) is 57.9 Å². The summed E-state index contributed by atoms with van der Waals surface area (Å²) in [6.45, 7) is 15.3. The third-order valence-corrected chi connectivity index (χ3v) is 6.88. The summed E-state index contributed by atoms with van der Waals surface area (Å²) < 4.78 is 0. The molecule has 1 saturated heterocycles. The molecule has 2 N–H and O–H groups in total. The van der Waals surface area contributed by atoms with Crippen molar-refractivity contribution < 1.29 is 4.79 Å². The number of carbonyl (C=O) groups excluding carboxylic acids is 1. The van der Waals surface area contributed by atoms with Crippen LogP contribution in [0.3, 0.4) is 0 Å². The lowest BCUT2D eigenvalue weighted by molar-refractivity contribution is 0.0633. The first-order valence-corrected chi connectivity index (χ1v) is 13.3. The Morgan fingerprint density at radius 3 is 2.32 bits per heavy atom. The number of hydrogen-bond acceptors (Lipinski definition) is 5. The molecule has 1 aliphatic rings. The van der Waals surface area contributed by atoms with Gasteiger partial charge in [0.05, 0.1) is 11.4 Å². The van der Waals surface area contributed by atoms with Gasteiger partial charge in [0, 0.05) is 44.0 Å². The van der Waals surface area contributed by atoms with Crippen LogP contribution in [0.25, 0.3) is 0 Å². The molecule has 198 valence electrons. The number of aliphatic imine (C=N–C) groups is 1. The molecule has 2 heterocycles. The number of nitrogens with one attached hydrogen (secondary N) is 2. The number of rotatable bonds is 9. The Morgan fingerprint density at radius 2 is 1.68 bits per heavy atom. The van der Waals surface area contributed by atoms with Crippen LogP contribution in [-0.4, -0.2) is 65.9 Å². The quantitative estimate of drug-likeness (QED) is 0.227. The lowest BCUT2D eigenvalue weighted by atomic mass is 9.98. The predicted octanol–water partition coefficient (Wildman–Crippen LogP) is 4.48. The minimum Gasteiger partial charge on any atom is -0.355 e. The summed E-state index contributed by atoms with van der Waals surface area (Å²) in [4.78, 5) is 25.9. The van der Waals surface area contributed by atoms with Crippen LogP contribution in [0.5, 0.6) is 0 Å². The van der Waals surface area contributed by atoms with Crippen molar-refractivity contribution in [3.63, 3.8) is 0 Å². The van der Waals surface area contributed by atoms with Crippen molar-refractivity contribution in [1.82, 2.24) is 20.1 Å². The summed E-state index contributed by atoms with van der Waals surface area (Å²) in [7, 11) is 0. The summed E-state index contributed by atoms with van der Waals surface area (Å²) in [5, 5.41) is 15.4. The van der Waals surface area contributed by atoms with Crippen LogP contribution in [0.15, 0.2) is 29.3 Å². The zero-order valence-corrected chi connectivity index (χ0v) is 23.0. The SMILES string of the molecule is Cc1cc(C)c(C(=O)N2CCN(CCCCCCN/C(=N/C#N)Nc3ccc(C)nc3C)CC2)c(C)c1. The van der Waals surface area contributed by atoms with E-state index >= 15 is 0 Å². The monoisotopic (exact) mass is 503 g/mol. The lowest BCUT2D eigenvalue weighted by Gasteiger charge is -2.35. The Hall–Kier alpha value is -3.44.